The molecule has 0 aliphatic carbocycles. The Kier molecular flexibility index (Phi) is 7.12. The molecule has 0 saturated carbocycles. The number of hydrogen-bond acceptors (Lipinski definition) is 5. The monoisotopic (exact) mass is 364 g/mol. The van der Waals surface area contributed by atoms with Crippen LogP contribution in [0.1, 0.15) is 24.5 Å². The van der Waals surface area contributed by atoms with Crippen LogP contribution in [0.25, 0.3) is 0 Å². The topological polar surface area (TPSA) is 68.3 Å². The first-order chi connectivity index (χ1) is 12.5. The third-order valence-corrected chi connectivity index (χ3v) is 4.58. The minimum Gasteiger partial charge on any atom is -0.496 e. The van der Waals surface area contributed by atoms with E-state index in [2.05, 4.69) is 0 Å². The number of ether oxygens (including phenoxy) is 3. The van der Waals surface area contributed by atoms with E-state index in [0.717, 1.165) is 23.3 Å². The van der Waals surface area contributed by atoms with Gasteiger partial charge in [-0.25, -0.2) is 4.79 Å². The Morgan fingerprint density at radius 3 is 2.38 bits per heavy atom. The molecular weight excluding hydrogens is 336 g/mol. The second-order valence-corrected chi connectivity index (χ2v) is 6.18. The largest absolute Gasteiger partial charge is 0.496 e. The quantitative estimate of drug-likeness (QED) is 0.802. The Morgan fingerprint density at radius 1 is 1.04 bits per heavy atom. The lowest BCUT2D eigenvalue weighted by atomic mass is 10.0. The first-order valence-electron chi connectivity index (χ1n) is 8.91. The van der Waals surface area contributed by atoms with Gasteiger partial charge in [0.2, 0.25) is 5.91 Å². The average molecular weight is 364 g/mol. The molecule has 7 heteroatoms. The molecule has 26 heavy (non-hydrogen) atoms. The highest BCUT2D eigenvalue weighted by molar-refractivity contribution is 5.80. The molecule has 1 saturated heterocycles. The van der Waals surface area contributed by atoms with Gasteiger partial charge in [-0.15, -0.1) is 0 Å². The van der Waals surface area contributed by atoms with Crippen molar-refractivity contribution in [1.29, 1.82) is 0 Å². The zero-order chi connectivity index (χ0) is 19.1. The van der Waals surface area contributed by atoms with Gasteiger partial charge in [0.05, 0.1) is 27.2 Å². The van der Waals surface area contributed by atoms with Crippen molar-refractivity contribution in [3.8, 4) is 11.5 Å². The van der Waals surface area contributed by atoms with Crippen LogP contribution in [-0.2, 0) is 16.0 Å². The van der Waals surface area contributed by atoms with E-state index in [1.54, 1.807) is 30.9 Å². The summed E-state index contributed by atoms with van der Waals surface area (Å²) in [7, 11) is 3.21. The zero-order valence-corrected chi connectivity index (χ0v) is 16.0. The van der Waals surface area contributed by atoms with Crippen molar-refractivity contribution in [3.63, 3.8) is 0 Å². The van der Waals surface area contributed by atoms with Crippen molar-refractivity contribution in [3.05, 3.63) is 23.3 Å². The predicted octanol–water partition coefficient (Wildman–Crippen LogP) is 2.25. The molecule has 1 aromatic carbocycles. The SMILES string of the molecule is CCOC(=O)N1CCCN(C(=O)Cc2ccc(OC)c(C)c2OC)CC1. The van der Waals surface area contributed by atoms with Crippen LogP contribution in [0.5, 0.6) is 11.5 Å². The number of carbonyl (C=O) groups is 2. The maximum Gasteiger partial charge on any atom is 0.409 e. The lowest BCUT2D eigenvalue weighted by Gasteiger charge is -2.22. The Bertz CT molecular complexity index is 647. The van der Waals surface area contributed by atoms with E-state index in [9.17, 15) is 9.59 Å². The highest BCUT2D eigenvalue weighted by atomic mass is 16.6. The molecule has 0 N–H and O–H groups in total. The van der Waals surface area contributed by atoms with Gasteiger partial charge in [-0.05, 0) is 26.3 Å². The molecule has 2 amide bonds. The molecule has 0 unspecified atom stereocenters. The molecule has 144 valence electrons. The lowest BCUT2D eigenvalue weighted by Crippen LogP contribution is -2.38. The molecule has 2 rings (SSSR count). The van der Waals surface area contributed by atoms with Gasteiger partial charge in [0.25, 0.3) is 0 Å². The molecule has 1 fully saturated rings. The van der Waals surface area contributed by atoms with Crippen LogP contribution in [0.4, 0.5) is 4.79 Å². The van der Waals surface area contributed by atoms with E-state index >= 15 is 0 Å². The number of methoxy groups -OCH3 is 2. The third kappa shape index (κ3) is 4.59. The van der Waals surface area contributed by atoms with E-state index in [1.807, 2.05) is 19.1 Å². The van der Waals surface area contributed by atoms with Crippen LogP contribution in [0.2, 0.25) is 0 Å². The van der Waals surface area contributed by atoms with Crippen LogP contribution in [0, 0.1) is 6.92 Å². The average Bonchev–Trinajstić information content (AvgIpc) is 2.88. The Hall–Kier alpha value is -2.44. The molecule has 0 atom stereocenters. The molecule has 0 aromatic heterocycles. The number of rotatable bonds is 5. The van der Waals surface area contributed by atoms with Crippen molar-refractivity contribution in [2.24, 2.45) is 0 Å². The van der Waals surface area contributed by atoms with Gasteiger partial charge in [-0.1, -0.05) is 6.07 Å². The van der Waals surface area contributed by atoms with E-state index in [4.69, 9.17) is 14.2 Å². The number of nitrogens with zero attached hydrogens (tertiary/aromatic N) is 2. The Morgan fingerprint density at radius 2 is 1.73 bits per heavy atom. The highest BCUT2D eigenvalue weighted by Gasteiger charge is 2.24. The molecule has 1 aliphatic rings. The number of hydrogen-bond donors (Lipinski definition) is 0. The molecule has 1 aliphatic heterocycles. The summed E-state index contributed by atoms with van der Waals surface area (Å²) in [5.41, 5.74) is 1.71. The first-order valence-corrected chi connectivity index (χ1v) is 8.91. The van der Waals surface area contributed by atoms with Crippen molar-refractivity contribution >= 4 is 12.0 Å². The van der Waals surface area contributed by atoms with Gasteiger partial charge in [0.15, 0.2) is 0 Å². The standard InChI is InChI=1S/C19H28N2O5/c1-5-26-19(23)21-10-6-9-20(11-12-21)17(22)13-15-7-8-16(24-3)14(2)18(15)25-4/h7-8H,5-6,9-13H2,1-4H3. The van der Waals surface area contributed by atoms with E-state index in [-0.39, 0.29) is 18.4 Å². The fraction of sp³-hybridized carbons (Fsp3) is 0.579. The van der Waals surface area contributed by atoms with Crippen molar-refractivity contribution < 1.29 is 23.8 Å². The normalized spacial score (nSPS) is 14.6. The zero-order valence-electron chi connectivity index (χ0n) is 16.0. The number of benzene rings is 1. The fourth-order valence-corrected chi connectivity index (χ4v) is 3.21. The van der Waals surface area contributed by atoms with E-state index in [1.165, 1.54) is 0 Å². The van der Waals surface area contributed by atoms with Crippen molar-refractivity contribution in [2.75, 3.05) is 47.0 Å². The van der Waals surface area contributed by atoms with Crippen molar-refractivity contribution in [2.45, 2.75) is 26.7 Å². The summed E-state index contributed by atoms with van der Waals surface area (Å²) in [6.07, 6.45) is 0.686. The van der Waals surface area contributed by atoms with Crippen LogP contribution in [0.3, 0.4) is 0 Å². The molecule has 1 heterocycles. The summed E-state index contributed by atoms with van der Waals surface area (Å²) in [5, 5.41) is 0. The van der Waals surface area contributed by atoms with Gasteiger partial charge in [0, 0.05) is 37.3 Å². The predicted molar refractivity (Wildman–Crippen MR) is 97.8 cm³/mol. The van der Waals surface area contributed by atoms with Crippen LogP contribution < -0.4 is 9.47 Å². The second kappa shape index (κ2) is 9.31. The van der Waals surface area contributed by atoms with Gasteiger partial charge in [-0.2, -0.15) is 0 Å². The summed E-state index contributed by atoms with van der Waals surface area (Å²) < 4.78 is 15.8. The fourth-order valence-electron chi connectivity index (χ4n) is 3.21. The highest BCUT2D eigenvalue weighted by Crippen LogP contribution is 2.31. The maximum absolute atomic E-state index is 12.8. The van der Waals surface area contributed by atoms with E-state index in [0.29, 0.717) is 38.5 Å². The molecule has 0 spiro atoms. The molecule has 0 bridgehead atoms. The van der Waals surface area contributed by atoms with Gasteiger partial charge >= 0.3 is 6.09 Å². The van der Waals surface area contributed by atoms with Gasteiger partial charge in [0.1, 0.15) is 11.5 Å². The molecule has 7 nitrogen and oxygen atoms in total. The van der Waals surface area contributed by atoms with Gasteiger partial charge < -0.3 is 24.0 Å². The maximum atomic E-state index is 12.8. The minimum atomic E-state index is -0.311. The van der Waals surface area contributed by atoms with Crippen molar-refractivity contribution in [1.82, 2.24) is 9.80 Å². The number of carbonyl (C=O) groups excluding carboxylic acids is 2. The van der Waals surface area contributed by atoms with E-state index < -0.39 is 0 Å². The Balaban J connectivity index is 2.04. The molecule has 0 radical (unpaired) electrons. The van der Waals surface area contributed by atoms with Crippen LogP contribution in [0.15, 0.2) is 12.1 Å². The third-order valence-electron chi connectivity index (χ3n) is 4.58. The van der Waals surface area contributed by atoms with Crippen LogP contribution in [-0.4, -0.2) is 68.8 Å². The smallest absolute Gasteiger partial charge is 0.409 e. The molecule has 1 aromatic rings. The molecular formula is C19H28N2O5. The summed E-state index contributed by atoms with van der Waals surface area (Å²) >= 11 is 0. The van der Waals surface area contributed by atoms with Crippen LogP contribution >= 0.6 is 0 Å². The lowest BCUT2D eigenvalue weighted by molar-refractivity contribution is -0.130. The minimum absolute atomic E-state index is 0.0265. The second-order valence-electron chi connectivity index (χ2n) is 6.18. The first kappa shape index (κ1) is 19.9. The summed E-state index contributed by atoms with van der Waals surface area (Å²) in [6, 6.07) is 3.72. The number of amides is 2. The summed E-state index contributed by atoms with van der Waals surface area (Å²) in [6.45, 7) is 6.29. The Labute approximate surface area is 154 Å². The van der Waals surface area contributed by atoms with Gasteiger partial charge in [-0.3, -0.25) is 4.79 Å². The summed E-state index contributed by atoms with van der Waals surface area (Å²) in [5.74, 6) is 1.44. The summed E-state index contributed by atoms with van der Waals surface area (Å²) in [4.78, 5) is 28.1.